The maximum absolute atomic E-state index is 12.8. The van der Waals surface area contributed by atoms with Crippen LogP contribution in [0.25, 0.3) is 21.9 Å². The van der Waals surface area contributed by atoms with E-state index < -0.39 is 23.5 Å². The van der Waals surface area contributed by atoms with E-state index in [0.29, 0.717) is 39.3 Å². The Morgan fingerprint density at radius 1 is 1.09 bits per heavy atom. The smallest absolute Gasteiger partial charge is 0.454 e. The molecule has 0 radical (unpaired) electrons. The van der Waals surface area contributed by atoms with E-state index in [-0.39, 0.29) is 6.42 Å². The number of ether oxygens (including phenoxy) is 1. The molecule has 0 saturated heterocycles. The van der Waals surface area contributed by atoms with Crippen LogP contribution in [0.4, 0.5) is 19.0 Å². The number of anilines is 1. The Balaban J connectivity index is 1.75. The highest BCUT2D eigenvalue weighted by atomic mass is 19.4. The van der Waals surface area contributed by atoms with Crippen LogP contribution in [0, 0.1) is 0 Å². The van der Waals surface area contributed by atoms with Crippen LogP contribution in [0.15, 0.2) is 42.5 Å². The molecule has 2 N–H and O–H groups in total. The van der Waals surface area contributed by atoms with Crippen molar-refractivity contribution in [3.63, 3.8) is 0 Å². The molecule has 0 aliphatic carbocycles. The SMILES string of the molecule is CNc1nc(Cc2cccc(C(=O)C(F)(F)F)c2)nc2[nH]c3cc(C(=O)OC)ccc3c12. The average molecular weight is 442 g/mol. The number of hydrogen-bond donors (Lipinski definition) is 2. The molecule has 0 aliphatic heterocycles. The van der Waals surface area contributed by atoms with E-state index in [1.807, 2.05) is 0 Å². The van der Waals surface area contributed by atoms with Crippen molar-refractivity contribution < 1.29 is 27.5 Å². The molecule has 2 aromatic heterocycles. The third kappa shape index (κ3) is 3.86. The Hall–Kier alpha value is -3.95. The minimum atomic E-state index is -4.94. The average Bonchev–Trinajstić information content (AvgIpc) is 3.14. The lowest BCUT2D eigenvalue weighted by Crippen LogP contribution is -2.22. The number of rotatable bonds is 5. The number of nitrogens with one attached hydrogen (secondary N) is 2. The van der Waals surface area contributed by atoms with Crippen molar-refractivity contribution in [1.82, 2.24) is 15.0 Å². The zero-order valence-electron chi connectivity index (χ0n) is 17.0. The zero-order chi connectivity index (χ0) is 23.0. The maximum Gasteiger partial charge on any atom is 0.454 e. The number of alkyl halides is 3. The maximum atomic E-state index is 12.8. The Morgan fingerprint density at radius 2 is 1.88 bits per heavy atom. The number of aromatic amines is 1. The highest BCUT2D eigenvalue weighted by Gasteiger charge is 2.39. The van der Waals surface area contributed by atoms with Gasteiger partial charge in [-0.3, -0.25) is 4.79 Å². The molecular weight excluding hydrogens is 425 g/mol. The molecule has 0 fully saturated rings. The van der Waals surface area contributed by atoms with Gasteiger partial charge in [-0.05, 0) is 23.8 Å². The first-order valence-corrected chi connectivity index (χ1v) is 9.50. The summed E-state index contributed by atoms with van der Waals surface area (Å²) < 4.78 is 43.0. The Morgan fingerprint density at radius 3 is 2.56 bits per heavy atom. The minimum absolute atomic E-state index is 0.117. The molecule has 32 heavy (non-hydrogen) atoms. The fourth-order valence-electron chi connectivity index (χ4n) is 3.52. The summed E-state index contributed by atoms with van der Waals surface area (Å²) in [4.78, 5) is 35.5. The number of halogens is 3. The van der Waals surface area contributed by atoms with Gasteiger partial charge in [-0.25, -0.2) is 14.8 Å². The zero-order valence-corrected chi connectivity index (χ0v) is 17.0. The minimum Gasteiger partial charge on any atom is -0.465 e. The molecule has 0 spiro atoms. The van der Waals surface area contributed by atoms with Crippen LogP contribution in [-0.2, 0) is 11.2 Å². The van der Waals surface area contributed by atoms with E-state index >= 15 is 0 Å². The van der Waals surface area contributed by atoms with Crippen LogP contribution >= 0.6 is 0 Å². The number of esters is 1. The van der Waals surface area contributed by atoms with Crippen molar-refractivity contribution in [2.75, 3.05) is 19.5 Å². The normalized spacial score (nSPS) is 11.7. The molecule has 2 heterocycles. The lowest BCUT2D eigenvalue weighted by molar-refractivity contribution is -0.0885. The van der Waals surface area contributed by atoms with E-state index in [4.69, 9.17) is 4.74 Å². The lowest BCUT2D eigenvalue weighted by Gasteiger charge is -2.08. The molecule has 4 rings (SSSR count). The number of methoxy groups -OCH3 is 1. The first kappa shape index (κ1) is 21.3. The highest BCUT2D eigenvalue weighted by Crippen LogP contribution is 2.31. The molecule has 7 nitrogen and oxygen atoms in total. The van der Waals surface area contributed by atoms with Gasteiger partial charge in [-0.15, -0.1) is 0 Å². The first-order valence-electron chi connectivity index (χ1n) is 9.50. The molecule has 0 amide bonds. The number of benzene rings is 2. The fourth-order valence-corrected chi connectivity index (χ4v) is 3.52. The van der Waals surface area contributed by atoms with Crippen molar-refractivity contribution in [3.8, 4) is 0 Å². The van der Waals surface area contributed by atoms with Gasteiger partial charge in [-0.1, -0.05) is 24.3 Å². The summed E-state index contributed by atoms with van der Waals surface area (Å²) in [5.74, 6) is -1.51. The van der Waals surface area contributed by atoms with E-state index in [9.17, 15) is 22.8 Å². The van der Waals surface area contributed by atoms with Gasteiger partial charge in [0.05, 0.1) is 18.1 Å². The van der Waals surface area contributed by atoms with Crippen LogP contribution in [-0.4, -0.2) is 47.0 Å². The van der Waals surface area contributed by atoms with Gasteiger partial charge in [0.15, 0.2) is 0 Å². The summed E-state index contributed by atoms with van der Waals surface area (Å²) in [7, 11) is 2.99. The molecule has 0 aliphatic rings. The van der Waals surface area contributed by atoms with Crippen molar-refractivity contribution >= 4 is 39.5 Å². The number of nitrogens with zero attached hydrogens (tertiary/aromatic N) is 2. The second-order valence-corrected chi connectivity index (χ2v) is 7.04. The summed E-state index contributed by atoms with van der Waals surface area (Å²) in [6.45, 7) is 0. The summed E-state index contributed by atoms with van der Waals surface area (Å²) >= 11 is 0. The van der Waals surface area contributed by atoms with Crippen LogP contribution < -0.4 is 5.32 Å². The van der Waals surface area contributed by atoms with Gasteiger partial charge in [-0.2, -0.15) is 13.2 Å². The van der Waals surface area contributed by atoms with Crippen molar-refractivity contribution in [1.29, 1.82) is 0 Å². The molecule has 0 unspecified atom stereocenters. The number of hydrogen-bond acceptors (Lipinski definition) is 6. The van der Waals surface area contributed by atoms with E-state index in [0.717, 1.165) is 11.5 Å². The summed E-state index contributed by atoms with van der Waals surface area (Å²) in [5.41, 5.74) is 1.55. The van der Waals surface area contributed by atoms with E-state index in [2.05, 4.69) is 20.3 Å². The third-order valence-electron chi connectivity index (χ3n) is 4.96. The summed E-state index contributed by atoms with van der Waals surface area (Å²) in [6, 6.07) is 10.4. The molecule has 4 aromatic rings. The van der Waals surface area contributed by atoms with Gasteiger partial charge < -0.3 is 15.0 Å². The van der Waals surface area contributed by atoms with Crippen LogP contribution in [0.1, 0.15) is 32.1 Å². The summed E-state index contributed by atoms with van der Waals surface area (Å²) in [5, 5.41) is 4.51. The second kappa shape index (κ2) is 7.95. The van der Waals surface area contributed by atoms with Gasteiger partial charge >= 0.3 is 12.1 Å². The molecular formula is C22H17F3N4O3. The molecule has 2 aromatic carbocycles. The van der Waals surface area contributed by atoms with E-state index in [1.54, 1.807) is 31.3 Å². The number of ketones is 1. The quantitative estimate of drug-likeness (QED) is 0.354. The first-order chi connectivity index (χ1) is 15.2. The van der Waals surface area contributed by atoms with Crippen molar-refractivity contribution in [2.45, 2.75) is 12.6 Å². The van der Waals surface area contributed by atoms with Crippen molar-refractivity contribution in [3.05, 3.63) is 65.0 Å². The molecule has 0 saturated carbocycles. The van der Waals surface area contributed by atoms with Gasteiger partial charge in [0.2, 0.25) is 0 Å². The number of carbonyl (C=O) groups excluding carboxylic acids is 2. The highest BCUT2D eigenvalue weighted by molar-refractivity contribution is 6.12. The van der Waals surface area contributed by atoms with Gasteiger partial charge in [0.1, 0.15) is 17.3 Å². The number of fused-ring (bicyclic) bond motifs is 3. The fraction of sp³-hybridized carbons (Fsp3) is 0.182. The Kier molecular flexibility index (Phi) is 5.29. The van der Waals surface area contributed by atoms with Crippen LogP contribution in [0.2, 0.25) is 0 Å². The Bertz CT molecular complexity index is 1360. The number of H-pyrrole nitrogens is 1. The predicted octanol–water partition coefficient (Wildman–Crippen LogP) is 4.28. The predicted molar refractivity (Wildman–Crippen MR) is 112 cm³/mol. The lowest BCUT2D eigenvalue weighted by atomic mass is 10.0. The number of aromatic nitrogens is 3. The molecule has 0 atom stereocenters. The molecule has 10 heteroatoms. The monoisotopic (exact) mass is 442 g/mol. The Labute approximate surface area is 179 Å². The number of Topliss-reactive ketones (excluding diaryl/α,β-unsaturated/α-hetero) is 1. The molecule has 164 valence electrons. The van der Waals surface area contributed by atoms with Crippen LogP contribution in [0.3, 0.4) is 0 Å². The summed E-state index contributed by atoms with van der Waals surface area (Å²) in [6.07, 6.45) is -4.83. The molecule has 0 bridgehead atoms. The standard InChI is InChI=1S/C22H17F3N4O3/c1-26-19-17-14-7-6-13(21(31)32-2)10-15(14)27-20(17)29-16(28-19)9-11-4-3-5-12(8-11)18(30)22(23,24)25/h3-8,10H,9H2,1-2H3,(H2,26,27,28,29). The largest absolute Gasteiger partial charge is 0.465 e. The van der Waals surface area contributed by atoms with E-state index in [1.165, 1.54) is 19.2 Å². The number of carbonyl (C=O) groups is 2. The second-order valence-electron chi connectivity index (χ2n) is 7.04. The van der Waals surface area contributed by atoms with Gasteiger partial charge in [0, 0.05) is 29.9 Å². The topological polar surface area (TPSA) is 97.0 Å². The van der Waals surface area contributed by atoms with Crippen LogP contribution in [0.5, 0.6) is 0 Å². The van der Waals surface area contributed by atoms with Crippen molar-refractivity contribution in [2.24, 2.45) is 0 Å². The third-order valence-corrected chi connectivity index (χ3v) is 4.96. The van der Waals surface area contributed by atoms with Gasteiger partial charge in [0.25, 0.3) is 5.78 Å².